The number of fused-ring (bicyclic) bond motifs is 5. The summed E-state index contributed by atoms with van der Waals surface area (Å²) in [5.41, 5.74) is 1.06. The van der Waals surface area contributed by atoms with Crippen LogP contribution in [0.5, 0.6) is 0 Å². The Hall–Kier alpha value is -2.12. The second kappa shape index (κ2) is 4.52. The highest BCUT2D eigenvalue weighted by Gasteiger charge is 2.04. The number of aromatic nitrogens is 1. The monoisotopic (exact) mass is 265 g/mol. The lowest BCUT2D eigenvalue weighted by atomic mass is 10.0. The van der Waals surface area contributed by atoms with Gasteiger partial charge < -0.3 is 0 Å². The third-order valence-corrected chi connectivity index (χ3v) is 3.48. The van der Waals surface area contributed by atoms with E-state index in [2.05, 4.69) is 65.6 Å². The highest BCUT2D eigenvalue weighted by atomic mass is 35.5. The molecule has 0 aliphatic rings. The Morgan fingerprint density at radius 1 is 0.632 bits per heavy atom. The molecule has 0 saturated heterocycles. The van der Waals surface area contributed by atoms with Crippen LogP contribution in [-0.2, 0) is 0 Å². The van der Waals surface area contributed by atoms with Gasteiger partial charge in [-0.05, 0) is 22.2 Å². The summed E-state index contributed by atoms with van der Waals surface area (Å²) in [5.74, 6) is 0. The van der Waals surface area contributed by atoms with Crippen molar-refractivity contribution >= 4 is 44.9 Å². The quantitative estimate of drug-likeness (QED) is 0.409. The van der Waals surface area contributed by atoms with Gasteiger partial charge in [-0.15, -0.1) is 12.4 Å². The second-order valence-corrected chi connectivity index (χ2v) is 4.53. The standard InChI is InChI=1S/C17H11N.ClH/c1-3-7-14-12(5-1)9-10-16-17(14)15-8-4-2-6-13(15)11-18-16;/h1-11H;1H. The molecule has 1 nitrogen and oxygen atoms in total. The zero-order chi connectivity index (χ0) is 11.9. The van der Waals surface area contributed by atoms with Gasteiger partial charge in [0.2, 0.25) is 0 Å². The molecular weight excluding hydrogens is 254 g/mol. The third kappa shape index (κ3) is 1.74. The molecule has 92 valence electrons. The Morgan fingerprint density at radius 2 is 1.26 bits per heavy atom. The zero-order valence-electron chi connectivity index (χ0n) is 10.2. The predicted octanol–water partition coefficient (Wildman–Crippen LogP) is 4.96. The smallest absolute Gasteiger partial charge is 0.0714 e. The fraction of sp³-hybridized carbons (Fsp3) is 0. The molecule has 0 fully saturated rings. The van der Waals surface area contributed by atoms with Crippen molar-refractivity contribution in [1.29, 1.82) is 0 Å². The number of nitrogens with zero attached hydrogens (tertiary/aromatic N) is 1. The third-order valence-electron chi connectivity index (χ3n) is 3.48. The number of hydrogen-bond acceptors (Lipinski definition) is 1. The molecule has 0 amide bonds. The zero-order valence-corrected chi connectivity index (χ0v) is 11.0. The van der Waals surface area contributed by atoms with Gasteiger partial charge in [-0.1, -0.05) is 54.6 Å². The van der Waals surface area contributed by atoms with Gasteiger partial charge >= 0.3 is 0 Å². The maximum absolute atomic E-state index is 4.56. The lowest BCUT2D eigenvalue weighted by Gasteiger charge is -2.06. The van der Waals surface area contributed by atoms with Crippen molar-refractivity contribution in [2.45, 2.75) is 0 Å². The van der Waals surface area contributed by atoms with Crippen molar-refractivity contribution in [2.75, 3.05) is 0 Å². The molecule has 0 aliphatic heterocycles. The van der Waals surface area contributed by atoms with E-state index in [0.29, 0.717) is 0 Å². The first-order valence-corrected chi connectivity index (χ1v) is 6.09. The summed E-state index contributed by atoms with van der Waals surface area (Å²) in [6.07, 6.45) is 1.95. The van der Waals surface area contributed by atoms with Gasteiger partial charge in [0.15, 0.2) is 0 Å². The van der Waals surface area contributed by atoms with Crippen LogP contribution in [0.25, 0.3) is 32.4 Å². The number of benzene rings is 3. The highest BCUT2D eigenvalue weighted by Crippen LogP contribution is 2.30. The molecule has 0 saturated carbocycles. The Kier molecular flexibility index (Phi) is 2.84. The number of rotatable bonds is 0. The van der Waals surface area contributed by atoms with Gasteiger partial charge in [0, 0.05) is 17.0 Å². The van der Waals surface area contributed by atoms with Gasteiger partial charge in [-0.2, -0.15) is 0 Å². The SMILES string of the molecule is Cl.c1ccc2c(c1)ccc1ncc3ccccc3c12. The molecule has 2 heteroatoms. The summed E-state index contributed by atoms with van der Waals surface area (Å²) in [6.45, 7) is 0. The van der Waals surface area contributed by atoms with Crippen LogP contribution in [0.15, 0.2) is 66.9 Å². The Bertz CT molecular complexity index is 813. The number of pyridine rings is 1. The Labute approximate surface area is 117 Å². The van der Waals surface area contributed by atoms with Gasteiger partial charge in [0.1, 0.15) is 0 Å². The summed E-state index contributed by atoms with van der Waals surface area (Å²) < 4.78 is 0. The number of hydrogen-bond donors (Lipinski definition) is 0. The lowest BCUT2D eigenvalue weighted by Crippen LogP contribution is -1.83. The van der Waals surface area contributed by atoms with Crippen molar-refractivity contribution in [3.63, 3.8) is 0 Å². The fourth-order valence-electron chi connectivity index (χ4n) is 2.63. The van der Waals surface area contributed by atoms with Crippen LogP contribution in [0.3, 0.4) is 0 Å². The molecule has 4 rings (SSSR count). The minimum atomic E-state index is 0. The summed E-state index contributed by atoms with van der Waals surface area (Å²) in [4.78, 5) is 4.56. The molecule has 1 aromatic heterocycles. The van der Waals surface area contributed by atoms with E-state index in [4.69, 9.17) is 0 Å². The van der Waals surface area contributed by atoms with E-state index in [0.717, 1.165) is 5.52 Å². The molecule has 0 N–H and O–H groups in total. The van der Waals surface area contributed by atoms with Crippen LogP contribution in [0.1, 0.15) is 0 Å². The molecule has 3 aromatic carbocycles. The van der Waals surface area contributed by atoms with Crippen LogP contribution in [-0.4, -0.2) is 4.98 Å². The van der Waals surface area contributed by atoms with Gasteiger partial charge in [-0.25, -0.2) is 0 Å². The molecule has 0 spiro atoms. The van der Waals surface area contributed by atoms with E-state index in [9.17, 15) is 0 Å². The van der Waals surface area contributed by atoms with Crippen molar-refractivity contribution in [3.05, 3.63) is 66.9 Å². The predicted molar refractivity (Wildman–Crippen MR) is 84.0 cm³/mol. The summed E-state index contributed by atoms with van der Waals surface area (Å²) in [6, 6.07) is 21.2. The largest absolute Gasteiger partial charge is 0.256 e. The molecule has 0 radical (unpaired) electrons. The van der Waals surface area contributed by atoms with E-state index < -0.39 is 0 Å². The van der Waals surface area contributed by atoms with Gasteiger partial charge in [0.25, 0.3) is 0 Å². The first-order valence-electron chi connectivity index (χ1n) is 6.09. The molecule has 4 aromatic rings. The first kappa shape index (κ1) is 11.9. The molecule has 19 heavy (non-hydrogen) atoms. The summed E-state index contributed by atoms with van der Waals surface area (Å²) >= 11 is 0. The van der Waals surface area contributed by atoms with Crippen molar-refractivity contribution < 1.29 is 0 Å². The second-order valence-electron chi connectivity index (χ2n) is 4.53. The maximum atomic E-state index is 4.56. The molecule has 0 unspecified atom stereocenters. The molecule has 0 bridgehead atoms. The van der Waals surface area contributed by atoms with Crippen LogP contribution < -0.4 is 0 Å². The normalized spacial score (nSPS) is 10.7. The van der Waals surface area contributed by atoms with Crippen LogP contribution in [0, 0.1) is 0 Å². The van der Waals surface area contributed by atoms with Crippen molar-refractivity contribution in [3.8, 4) is 0 Å². The minimum Gasteiger partial charge on any atom is -0.256 e. The average molecular weight is 266 g/mol. The van der Waals surface area contributed by atoms with E-state index >= 15 is 0 Å². The Morgan fingerprint density at radius 3 is 2.05 bits per heavy atom. The van der Waals surface area contributed by atoms with Gasteiger partial charge in [0.05, 0.1) is 5.52 Å². The van der Waals surface area contributed by atoms with E-state index in [1.807, 2.05) is 6.20 Å². The lowest BCUT2D eigenvalue weighted by molar-refractivity contribution is 1.45. The van der Waals surface area contributed by atoms with Gasteiger partial charge in [-0.3, -0.25) is 4.98 Å². The van der Waals surface area contributed by atoms with Crippen LogP contribution in [0.2, 0.25) is 0 Å². The summed E-state index contributed by atoms with van der Waals surface area (Å²) in [5, 5.41) is 6.27. The summed E-state index contributed by atoms with van der Waals surface area (Å²) in [7, 11) is 0. The van der Waals surface area contributed by atoms with Crippen molar-refractivity contribution in [1.82, 2.24) is 4.98 Å². The molecular formula is C17H12ClN. The molecule has 1 heterocycles. The van der Waals surface area contributed by atoms with E-state index in [-0.39, 0.29) is 12.4 Å². The average Bonchev–Trinajstić information content (AvgIpc) is 2.46. The Balaban J connectivity index is 0.00000110. The van der Waals surface area contributed by atoms with Crippen molar-refractivity contribution in [2.24, 2.45) is 0 Å². The van der Waals surface area contributed by atoms with E-state index in [1.165, 1.54) is 26.9 Å². The first-order chi connectivity index (χ1) is 8.93. The minimum absolute atomic E-state index is 0. The highest BCUT2D eigenvalue weighted by molar-refractivity contribution is 6.18. The molecule has 0 aliphatic carbocycles. The molecule has 0 atom stereocenters. The van der Waals surface area contributed by atoms with Crippen LogP contribution >= 0.6 is 12.4 Å². The van der Waals surface area contributed by atoms with Crippen LogP contribution in [0.4, 0.5) is 0 Å². The fourth-order valence-corrected chi connectivity index (χ4v) is 2.63. The maximum Gasteiger partial charge on any atom is 0.0714 e. The number of halogens is 1. The topological polar surface area (TPSA) is 12.9 Å². The van der Waals surface area contributed by atoms with E-state index in [1.54, 1.807) is 0 Å².